The Morgan fingerprint density at radius 3 is 2.54 bits per heavy atom. The molecule has 0 bridgehead atoms. The van der Waals surface area contributed by atoms with Crippen molar-refractivity contribution in [1.82, 2.24) is 4.90 Å². The minimum Gasteiger partial charge on any atom is -0.331 e. The number of anilines is 1. The van der Waals surface area contributed by atoms with E-state index in [4.69, 9.17) is 11.6 Å². The molecule has 2 aromatic rings. The number of carbonyl (C=O) groups is 2. The van der Waals surface area contributed by atoms with Gasteiger partial charge in [0.05, 0.1) is 11.4 Å². The largest absolute Gasteiger partial charge is 0.331 e. The molecule has 0 spiro atoms. The lowest BCUT2D eigenvalue weighted by atomic mass is 10.1. The van der Waals surface area contributed by atoms with Gasteiger partial charge in [-0.05, 0) is 29.8 Å². The summed E-state index contributed by atoms with van der Waals surface area (Å²) in [4.78, 5) is 27.8. The Morgan fingerprint density at radius 1 is 1.12 bits per heavy atom. The lowest BCUT2D eigenvalue weighted by Crippen LogP contribution is -2.52. The Hall–Kier alpha value is -2.40. The van der Waals surface area contributed by atoms with E-state index < -0.39 is 5.82 Å². The highest BCUT2D eigenvalue weighted by Gasteiger charge is 2.27. The van der Waals surface area contributed by atoms with E-state index in [-0.39, 0.29) is 29.8 Å². The van der Waals surface area contributed by atoms with Gasteiger partial charge in [-0.1, -0.05) is 35.9 Å². The van der Waals surface area contributed by atoms with Crippen LogP contribution in [-0.2, 0) is 16.0 Å². The van der Waals surface area contributed by atoms with Crippen LogP contribution in [0, 0.1) is 5.82 Å². The highest BCUT2D eigenvalue weighted by atomic mass is 35.5. The highest BCUT2D eigenvalue weighted by molar-refractivity contribution is 6.30. The lowest BCUT2D eigenvalue weighted by Gasteiger charge is -2.34. The first-order chi connectivity index (χ1) is 11.5. The van der Waals surface area contributed by atoms with Gasteiger partial charge in [0, 0.05) is 18.8 Å². The van der Waals surface area contributed by atoms with Crippen LogP contribution in [0.15, 0.2) is 48.5 Å². The monoisotopic (exact) mass is 346 g/mol. The molecule has 1 fully saturated rings. The van der Waals surface area contributed by atoms with E-state index in [2.05, 4.69) is 0 Å². The summed E-state index contributed by atoms with van der Waals surface area (Å²) in [7, 11) is 0. The first kappa shape index (κ1) is 16.5. The van der Waals surface area contributed by atoms with Crippen LogP contribution in [0.2, 0.25) is 5.02 Å². The molecule has 0 aromatic heterocycles. The number of rotatable bonds is 3. The summed E-state index contributed by atoms with van der Waals surface area (Å²) in [6.07, 6.45) is 0.0483. The molecule has 4 nitrogen and oxygen atoms in total. The van der Waals surface area contributed by atoms with E-state index in [0.717, 1.165) is 5.69 Å². The number of halogens is 2. The van der Waals surface area contributed by atoms with E-state index in [9.17, 15) is 14.0 Å². The molecule has 2 amide bonds. The summed E-state index contributed by atoms with van der Waals surface area (Å²) < 4.78 is 13.5. The first-order valence-electron chi connectivity index (χ1n) is 7.62. The van der Waals surface area contributed by atoms with Crippen molar-refractivity contribution in [2.24, 2.45) is 0 Å². The van der Waals surface area contributed by atoms with Gasteiger partial charge in [-0.3, -0.25) is 9.59 Å². The molecule has 0 aliphatic carbocycles. The SMILES string of the molecule is O=C(Cc1ccc(Cl)c(F)c1)N1CCN(c2ccccc2)C(=O)C1. The molecule has 0 N–H and O–H groups in total. The fourth-order valence-corrected chi connectivity index (χ4v) is 2.82. The van der Waals surface area contributed by atoms with Gasteiger partial charge in [-0.25, -0.2) is 4.39 Å². The van der Waals surface area contributed by atoms with Gasteiger partial charge in [0.1, 0.15) is 12.4 Å². The van der Waals surface area contributed by atoms with Crippen LogP contribution < -0.4 is 4.90 Å². The van der Waals surface area contributed by atoms with Gasteiger partial charge >= 0.3 is 0 Å². The standard InChI is InChI=1S/C18H16ClFN2O2/c19-15-7-6-13(10-16(15)20)11-17(23)21-8-9-22(18(24)12-21)14-4-2-1-3-5-14/h1-7,10H,8-9,11-12H2. The van der Waals surface area contributed by atoms with E-state index in [1.54, 1.807) is 11.0 Å². The number of nitrogens with zero attached hydrogens (tertiary/aromatic N) is 2. The highest BCUT2D eigenvalue weighted by Crippen LogP contribution is 2.19. The summed E-state index contributed by atoms with van der Waals surface area (Å²) in [6.45, 7) is 0.933. The Balaban J connectivity index is 1.64. The van der Waals surface area contributed by atoms with Gasteiger partial charge in [0.2, 0.25) is 11.8 Å². The Morgan fingerprint density at radius 2 is 1.88 bits per heavy atom. The average molecular weight is 347 g/mol. The molecule has 0 unspecified atom stereocenters. The minimum absolute atomic E-state index is 0.0258. The Bertz CT molecular complexity index is 767. The topological polar surface area (TPSA) is 40.6 Å². The molecule has 1 saturated heterocycles. The maximum atomic E-state index is 13.5. The van der Waals surface area contributed by atoms with E-state index in [1.165, 1.54) is 17.0 Å². The number of hydrogen-bond acceptors (Lipinski definition) is 2. The van der Waals surface area contributed by atoms with Crippen molar-refractivity contribution in [3.63, 3.8) is 0 Å². The number of hydrogen-bond donors (Lipinski definition) is 0. The van der Waals surface area contributed by atoms with Crippen molar-refractivity contribution in [3.8, 4) is 0 Å². The number of carbonyl (C=O) groups excluding carboxylic acids is 2. The number of para-hydroxylation sites is 1. The van der Waals surface area contributed by atoms with Crippen LogP contribution in [0.3, 0.4) is 0 Å². The molecular formula is C18H16ClFN2O2. The molecule has 1 aliphatic heterocycles. The molecule has 0 saturated carbocycles. The van der Waals surface area contributed by atoms with Gasteiger partial charge in [-0.15, -0.1) is 0 Å². The van der Waals surface area contributed by atoms with Crippen LogP contribution in [0.5, 0.6) is 0 Å². The van der Waals surface area contributed by atoms with Crippen molar-refractivity contribution in [2.45, 2.75) is 6.42 Å². The van der Waals surface area contributed by atoms with Gasteiger partial charge in [0.15, 0.2) is 0 Å². The van der Waals surface area contributed by atoms with Crippen molar-refractivity contribution in [1.29, 1.82) is 0 Å². The quantitative estimate of drug-likeness (QED) is 0.857. The maximum absolute atomic E-state index is 13.5. The number of piperazine rings is 1. The third-order valence-electron chi connectivity index (χ3n) is 3.98. The van der Waals surface area contributed by atoms with E-state index in [1.807, 2.05) is 30.3 Å². The van der Waals surface area contributed by atoms with Crippen molar-refractivity contribution < 1.29 is 14.0 Å². The first-order valence-corrected chi connectivity index (χ1v) is 7.99. The molecule has 24 heavy (non-hydrogen) atoms. The molecule has 0 radical (unpaired) electrons. The van der Waals surface area contributed by atoms with Crippen molar-refractivity contribution >= 4 is 29.1 Å². The van der Waals surface area contributed by atoms with Crippen LogP contribution in [-0.4, -0.2) is 36.3 Å². The zero-order valence-electron chi connectivity index (χ0n) is 12.9. The Kier molecular flexibility index (Phi) is 4.81. The van der Waals surface area contributed by atoms with Gasteiger partial charge in [0.25, 0.3) is 0 Å². The maximum Gasteiger partial charge on any atom is 0.246 e. The zero-order valence-corrected chi connectivity index (χ0v) is 13.7. The molecule has 1 heterocycles. The number of benzene rings is 2. The summed E-state index contributed by atoms with van der Waals surface area (Å²) in [5, 5.41) is 0.0258. The fraction of sp³-hybridized carbons (Fsp3) is 0.222. The smallest absolute Gasteiger partial charge is 0.246 e. The predicted molar refractivity (Wildman–Crippen MR) is 90.5 cm³/mol. The van der Waals surface area contributed by atoms with E-state index >= 15 is 0 Å². The summed E-state index contributed by atoms with van der Waals surface area (Å²) in [5.74, 6) is -0.868. The minimum atomic E-state index is -0.549. The predicted octanol–water partition coefficient (Wildman–Crippen LogP) is 2.90. The average Bonchev–Trinajstić information content (AvgIpc) is 2.59. The third kappa shape index (κ3) is 3.57. The molecule has 3 rings (SSSR count). The molecule has 1 aliphatic rings. The molecular weight excluding hydrogens is 331 g/mol. The van der Waals surface area contributed by atoms with Crippen molar-refractivity contribution in [2.75, 3.05) is 24.5 Å². The summed E-state index contributed by atoms with van der Waals surface area (Å²) in [6, 6.07) is 13.7. The van der Waals surface area contributed by atoms with Crippen LogP contribution in [0.1, 0.15) is 5.56 Å². The van der Waals surface area contributed by atoms with Crippen molar-refractivity contribution in [3.05, 3.63) is 64.9 Å². The molecule has 6 heteroatoms. The molecule has 124 valence electrons. The van der Waals surface area contributed by atoms with Crippen LogP contribution in [0.4, 0.5) is 10.1 Å². The number of amides is 2. The van der Waals surface area contributed by atoms with Crippen LogP contribution >= 0.6 is 11.6 Å². The lowest BCUT2D eigenvalue weighted by molar-refractivity contribution is -0.136. The Labute approximate surface area is 144 Å². The second-order valence-electron chi connectivity index (χ2n) is 5.62. The normalized spacial score (nSPS) is 14.8. The molecule has 0 atom stereocenters. The van der Waals surface area contributed by atoms with E-state index in [0.29, 0.717) is 18.7 Å². The summed E-state index contributed by atoms with van der Waals surface area (Å²) >= 11 is 5.64. The fourth-order valence-electron chi connectivity index (χ4n) is 2.70. The molecule has 2 aromatic carbocycles. The second-order valence-corrected chi connectivity index (χ2v) is 6.03. The second kappa shape index (κ2) is 7.01. The summed E-state index contributed by atoms with van der Waals surface area (Å²) in [5.41, 5.74) is 1.37. The van der Waals surface area contributed by atoms with Crippen LogP contribution in [0.25, 0.3) is 0 Å². The zero-order chi connectivity index (χ0) is 17.1. The van der Waals surface area contributed by atoms with Gasteiger partial charge < -0.3 is 9.80 Å². The third-order valence-corrected chi connectivity index (χ3v) is 4.29. The van der Waals surface area contributed by atoms with Gasteiger partial charge in [-0.2, -0.15) is 0 Å².